The van der Waals surface area contributed by atoms with Gasteiger partial charge in [0.1, 0.15) is 12.4 Å². The topological polar surface area (TPSA) is 25.0 Å². The summed E-state index contributed by atoms with van der Waals surface area (Å²) in [7, 11) is 0. The van der Waals surface area contributed by atoms with Crippen LogP contribution < -0.4 is 4.74 Å². The Bertz CT molecular complexity index is 698. The average molecular weight is 251 g/mol. The van der Waals surface area contributed by atoms with E-state index >= 15 is 0 Å². The lowest BCUT2D eigenvalue weighted by Crippen LogP contribution is -1.95. The SMILES string of the molecule is Cc1[nH]c2c(OCc3ccccc3)cccc2c1C. The summed E-state index contributed by atoms with van der Waals surface area (Å²) < 4.78 is 5.94. The van der Waals surface area contributed by atoms with Gasteiger partial charge in [-0.05, 0) is 31.0 Å². The predicted molar refractivity (Wildman–Crippen MR) is 78.5 cm³/mol. The number of fused-ring (bicyclic) bond motifs is 1. The van der Waals surface area contributed by atoms with E-state index in [1.165, 1.54) is 22.2 Å². The zero-order chi connectivity index (χ0) is 13.2. The highest BCUT2D eigenvalue weighted by Crippen LogP contribution is 2.29. The Kier molecular flexibility index (Phi) is 3.00. The van der Waals surface area contributed by atoms with E-state index in [-0.39, 0.29) is 0 Å². The zero-order valence-electron chi connectivity index (χ0n) is 11.2. The van der Waals surface area contributed by atoms with Crippen LogP contribution in [-0.4, -0.2) is 4.98 Å². The Morgan fingerprint density at radius 3 is 2.53 bits per heavy atom. The maximum atomic E-state index is 5.94. The molecule has 2 aromatic carbocycles. The van der Waals surface area contributed by atoms with Gasteiger partial charge < -0.3 is 9.72 Å². The highest BCUT2D eigenvalue weighted by Gasteiger charge is 2.08. The molecule has 1 aromatic heterocycles. The molecule has 0 saturated carbocycles. The van der Waals surface area contributed by atoms with Crippen LogP contribution >= 0.6 is 0 Å². The van der Waals surface area contributed by atoms with E-state index in [0.717, 1.165) is 11.3 Å². The molecule has 0 spiro atoms. The van der Waals surface area contributed by atoms with E-state index in [0.29, 0.717) is 6.61 Å². The van der Waals surface area contributed by atoms with Gasteiger partial charge in [-0.25, -0.2) is 0 Å². The van der Waals surface area contributed by atoms with Crippen LogP contribution in [0, 0.1) is 13.8 Å². The van der Waals surface area contributed by atoms with Crippen LogP contribution in [0.5, 0.6) is 5.75 Å². The van der Waals surface area contributed by atoms with Gasteiger partial charge in [-0.15, -0.1) is 0 Å². The first kappa shape index (κ1) is 11.8. The fourth-order valence-corrected chi connectivity index (χ4v) is 2.31. The van der Waals surface area contributed by atoms with Crippen LogP contribution in [0.1, 0.15) is 16.8 Å². The van der Waals surface area contributed by atoms with Crippen molar-refractivity contribution in [2.24, 2.45) is 0 Å². The first-order chi connectivity index (χ1) is 9.25. The molecule has 1 heterocycles. The number of aromatic amines is 1. The fourth-order valence-electron chi connectivity index (χ4n) is 2.31. The van der Waals surface area contributed by atoms with E-state index < -0.39 is 0 Å². The zero-order valence-corrected chi connectivity index (χ0v) is 11.2. The molecule has 0 aliphatic heterocycles. The minimum absolute atomic E-state index is 0.594. The highest BCUT2D eigenvalue weighted by atomic mass is 16.5. The quantitative estimate of drug-likeness (QED) is 0.735. The van der Waals surface area contributed by atoms with Gasteiger partial charge in [0.15, 0.2) is 0 Å². The molecule has 3 aromatic rings. The van der Waals surface area contributed by atoms with Crippen molar-refractivity contribution in [3.63, 3.8) is 0 Å². The molecular formula is C17H17NO. The second kappa shape index (κ2) is 4.81. The third kappa shape index (κ3) is 2.22. The molecule has 1 N–H and O–H groups in total. The summed E-state index contributed by atoms with van der Waals surface area (Å²) in [4.78, 5) is 3.41. The average Bonchev–Trinajstić information content (AvgIpc) is 2.74. The van der Waals surface area contributed by atoms with E-state index in [9.17, 15) is 0 Å². The highest BCUT2D eigenvalue weighted by molar-refractivity contribution is 5.89. The first-order valence-electron chi connectivity index (χ1n) is 6.50. The molecule has 0 aliphatic rings. The second-order valence-electron chi connectivity index (χ2n) is 4.83. The van der Waals surface area contributed by atoms with Gasteiger partial charge in [0, 0.05) is 11.1 Å². The summed E-state index contributed by atoms with van der Waals surface area (Å²) >= 11 is 0. The number of hydrogen-bond donors (Lipinski definition) is 1. The summed E-state index contributed by atoms with van der Waals surface area (Å²) in [5, 5.41) is 1.24. The van der Waals surface area contributed by atoms with Gasteiger partial charge in [-0.2, -0.15) is 0 Å². The Balaban J connectivity index is 1.91. The number of rotatable bonds is 3. The standard InChI is InChI=1S/C17H17NO/c1-12-13(2)18-17-15(12)9-6-10-16(17)19-11-14-7-4-3-5-8-14/h3-10,18H,11H2,1-2H3. The minimum Gasteiger partial charge on any atom is -0.487 e. The maximum Gasteiger partial charge on any atom is 0.143 e. The number of nitrogens with one attached hydrogen (secondary N) is 1. The number of hydrogen-bond acceptors (Lipinski definition) is 1. The molecule has 0 radical (unpaired) electrons. The second-order valence-corrected chi connectivity index (χ2v) is 4.83. The molecule has 0 amide bonds. The lowest BCUT2D eigenvalue weighted by atomic mass is 10.1. The smallest absolute Gasteiger partial charge is 0.143 e. The monoisotopic (exact) mass is 251 g/mol. The van der Waals surface area contributed by atoms with Crippen molar-refractivity contribution in [3.05, 3.63) is 65.4 Å². The summed E-state index contributed by atoms with van der Waals surface area (Å²) in [5.74, 6) is 0.914. The van der Waals surface area contributed by atoms with Crippen molar-refractivity contribution in [2.75, 3.05) is 0 Å². The molecule has 2 heteroatoms. The van der Waals surface area contributed by atoms with Crippen LogP contribution in [0.25, 0.3) is 10.9 Å². The van der Waals surface area contributed by atoms with Gasteiger partial charge in [-0.3, -0.25) is 0 Å². The number of aryl methyl sites for hydroxylation is 2. The van der Waals surface area contributed by atoms with Crippen molar-refractivity contribution in [3.8, 4) is 5.75 Å². The van der Waals surface area contributed by atoms with Gasteiger partial charge >= 0.3 is 0 Å². The van der Waals surface area contributed by atoms with Crippen molar-refractivity contribution < 1.29 is 4.74 Å². The molecular weight excluding hydrogens is 234 g/mol. The molecule has 96 valence electrons. The fraction of sp³-hybridized carbons (Fsp3) is 0.176. The third-order valence-electron chi connectivity index (χ3n) is 3.54. The van der Waals surface area contributed by atoms with Crippen molar-refractivity contribution >= 4 is 10.9 Å². The molecule has 2 nitrogen and oxygen atoms in total. The predicted octanol–water partition coefficient (Wildman–Crippen LogP) is 4.36. The summed E-state index contributed by atoms with van der Waals surface area (Å²) in [6, 6.07) is 16.4. The lowest BCUT2D eigenvalue weighted by Gasteiger charge is -2.07. The normalized spacial score (nSPS) is 10.8. The maximum absolute atomic E-state index is 5.94. The Morgan fingerprint density at radius 2 is 1.74 bits per heavy atom. The molecule has 0 atom stereocenters. The number of para-hydroxylation sites is 1. The molecule has 0 aliphatic carbocycles. The summed E-state index contributed by atoms with van der Waals surface area (Å²) in [6.07, 6.45) is 0. The van der Waals surface area contributed by atoms with Crippen LogP contribution in [-0.2, 0) is 6.61 Å². The van der Waals surface area contributed by atoms with Gasteiger partial charge in [0.2, 0.25) is 0 Å². The molecule has 0 bridgehead atoms. The van der Waals surface area contributed by atoms with E-state index in [2.05, 4.69) is 37.0 Å². The molecule has 19 heavy (non-hydrogen) atoms. The molecule has 0 unspecified atom stereocenters. The Labute approximate surface area is 113 Å². The lowest BCUT2D eigenvalue weighted by molar-refractivity contribution is 0.309. The summed E-state index contributed by atoms with van der Waals surface area (Å²) in [6.45, 7) is 4.82. The third-order valence-corrected chi connectivity index (χ3v) is 3.54. The number of ether oxygens (including phenoxy) is 1. The number of H-pyrrole nitrogens is 1. The van der Waals surface area contributed by atoms with Crippen LogP contribution in [0.15, 0.2) is 48.5 Å². The van der Waals surface area contributed by atoms with Gasteiger partial charge in [0.05, 0.1) is 5.52 Å². The number of benzene rings is 2. The van der Waals surface area contributed by atoms with Crippen molar-refractivity contribution in [1.82, 2.24) is 4.98 Å². The van der Waals surface area contributed by atoms with Crippen LogP contribution in [0.3, 0.4) is 0 Å². The van der Waals surface area contributed by atoms with E-state index in [1.54, 1.807) is 0 Å². The van der Waals surface area contributed by atoms with Crippen molar-refractivity contribution in [2.45, 2.75) is 20.5 Å². The largest absolute Gasteiger partial charge is 0.487 e. The molecule has 0 fully saturated rings. The van der Waals surface area contributed by atoms with Crippen LogP contribution in [0.2, 0.25) is 0 Å². The van der Waals surface area contributed by atoms with E-state index in [4.69, 9.17) is 4.74 Å². The Hall–Kier alpha value is -2.22. The minimum atomic E-state index is 0.594. The summed E-state index contributed by atoms with van der Waals surface area (Å²) in [5.41, 5.74) is 4.76. The molecule has 0 saturated heterocycles. The van der Waals surface area contributed by atoms with Gasteiger partial charge in [0.25, 0.3) is 0 Å². The van der Waals surface area contributed by atoms with Gasteiger partial charge in [-0.1, -0.05) is 42.5 Å². The van der Waals surface area contributed by atoms with Crippen LogP contribution in [0.4, 0.5) is 0 Å². The van der Waals surface area contributed by atoms with E-state index in [1.807, 2.05) is 30.3 Å². The Morgan fingerprint density at radius 1 is 0.947 bits per heavy atom. The molecule has 3 rings (SSSR count). The first-order valence-corrected chi connectivity index (χ1v) is 6.50. The number of aromatic nitrogens is 1. The van der Waals surface area contributed by atoms with Crippen molar-refractivity contribution in [1.29, 1.82) is 0 Å².